The minimum Gasteiger partial charge on any atom is -0.396 e. The van der Waals surface area contributed by atoms with Gasteiger partial charge in [-0.25, -0.2) is 4.79 Å². The number of hydrogen-bond acceptors (Lipinski definition) is 3. The van der Waals surface area contributed by atoms with Crippen molar-refractivity contribution in [3.63, 3.8) is 0 Å². The summed E-state index contributed by atoms with van der Waals surface area (Å²) in [4.78, 5) is 12.1. The molecule has 0 fully saturated rings. The molecule has 118 valence electrons. The SMILES string of the molecule is CC(CO)C(C)NC(=O)Nc1cn(C)nc1-c1ccccc1. The number of aryl methyl sites for hydroxylation is 1. The first-order chi connectivity index (χ1) is 10.5. The monoisotopic (exact) mass is 302 g/mol. The van der Waals surface area contributed by atoms with Gasteiger partial charge < -0.3 is 15.7 Å². The number of urea groups is 1. The molecule has 1 aromatic carbocycles. The lowest BCUT2D eigenvalue weighted by atomic mass is 10.1. The van der Waals surface area contributed by atoms with Crippen LogP contribution in [0.1, 0.15) is 13.8 Å². The van der Waals surface area contributed by atoms with Gasteiger partial charge in [-0.2, -0.15) is 5.10 Å². The summed E-state index contributed by atoms with van der Waals surface area (Å²) in [6.07, 6.45) is 1.77. The molecule has 3 N–H and O–H groups in total. The first-order valence-electron chi connectivity index (χ1n) is 7.28. The Bertz CT molecular complexity index is 624. The van der Waals surface area contributed by atoms with Crippen LogP contribution in [0.2, 0.25) is 0 Å². The van der Waals surface area contributed by atoms with Gasteiger partial charge in [0.1, 0.15) is 5.69 Å². The Labute approximate surface area is 130 Å². The zero-order valence-corrected chi connectivity index (χ0v) is 13.1. The van der Waals surface area contributed by atoms with Gasteiger partial charge in [0.15, 0.2) is 0 Å². The quantitative estimate of drug-likeness (QED) is 0.792. The molecule has 1 aromatic heterocycles. The number of aliphatic hydroxyl groups is 1. The highest BCUT2D eigenvalue weighted by Gasteiger charge is 2.16. The number of rotatable bonds is 5. The van der Waals surface area contributed by atoms with E-state index in [4.69, 9.17) is 5.11 Å². The van der Waals surface area contributed by atoms with Crippen molar-refractivity contribution in [2.24, 2.45) is 13.0 Å². The molecule has 2 rings (SSSR count). The van der Waals surface area contributed by atoms with Crippen LogP contribution >= 0.6 is 0 Å². The van der Waals surface area contributed by atoms with Crippen LogP contribution in [0.4, 0.5) is 10.5 Å². The average Bonchev–Trinajstić information content (AvgIpc) is 2.87. The summed E-state index contributed by atoms with van der Waals surface area (Å²) in [5.74, 6) is -0.00626. The Kier molecular flexibility index (Phi) is 5.16. The Morgan fingerprint density at radius 2 is 2.00 bits per heavy atom. The van der Waals surface area contributed by atoms with Crippen LogP contribution in [-0.2, 0) is 7.05 Å². The minimum atomic E-state index is -0.307. The van der Waals surface area contributed by atoms with Crippen LogP contribution < -0.4 is 10.6 Å². The van der Waals surface area contributed by atoms with Crippen molar-refractivity contribution in [3.05, 3.63) is 36.5 Å². The van der Waals surface area contributed by atoms with Crippen LogP contribution in [-0.4, -0.2) is 33.6 Å². The molecule has 0 radical (unpaired) electrons. The largest absolute Gasteiger partial charge is 0.396 e. The molecule has 0 spiro atoms. The lowest BCUT2D eigenvalue weighted by Gasteiger charge is -2.19. The van der Waals surface area contributed by atoms with E-state index in [1.165, 1.54) is 0 Å². The van der Waals surface area contributed by atoms with E-state index in [1.807, 2.05) is 51.2 Å². The van der Waals surface area contributed by atoms with Crippen molar-refractivity contribution in [1.82, 2.24) is 15.1 Å². The molecule has 0 saturated carbocycles. The second-order valence-corrected chi connectivity index (χ2v) is 5.48. The summed E-state index contributed by atoms with van der Waals surface area (Å²) >= 11 is 0. The molecule has 0 aliphatic rings. The molecule has 0 bridgehead atoms. The first-order valence-corrected chi connectivity index (χ1v) is 7.28. The summed E-state index contributed by atoms with van der Waals surface area (Å²) in [6.45, 7) is 3.77. The molecule has 0 saturated heterocycles. The number of benzene rings is 1. The summed E-state index contributed by atoms with van der Waals surface area (Å²) in [5, 5.41) is 19.2. The molecule has 0 aliphatic carbocycles. The highest BCUT2D eigenvalue weighted by Crippen LogP contribution is 2.25. The summed E-state index contributed by atoms with van der Waals surface area (Å²) in [5.41, 5.74) is 2.31. The van der Waals surface area contributed by atoms with E-state index in [9.17, 15) is 4.79 Å². The smallest absolute Gasteiger partial charge is 0.319 e. The predicted molar refractivity (Wildman–Crippen MR) is 86.5 cm³/mol. The van der Waals surface area contributed by atoms with Gasteiger partial charge in [-0.3, -0.25) is 4.68 Å². The number of amides is 2. The van der Waals surface area contributed by atoms with Crippen molar-refractivity contribution < 1.29 is 9.90 Å². The van der Waals surface area contributed by atoms with E-state index in [-0.39, 0.29) is 24.6 Å². The van der Waals surface area contributed by atoms with Crippen molar-refractivity contribution in [2.75, 3.05) is 11.9 Å². The standard InChI is InChI=1S/C16H22N4O2/c1-11(10-21)12(2)17-16(22)18-14-9-20(3)19-15(14)13-7-5-4-6-8-13/h4-9,11-12,21H,10H2,1-3H3,(H2,17,18,22). The van der Waals surface area contributed by atoms with Gasteiger partial charge in [0.05, 0.1) is 5.69 Å². The third kappa shape index (κ3) is 3.85. The average molecular weight is 302 g/mol. The van der Waals surface area contributed by atoms with Gasteiger partial charge >= 0.3 is 6.03 Å². The third-order valence-electron chi connectivity index (χ3n) is 3.62. The fourth-order valence-electron chi connectivity index (χ4n) is 2.05. The highest BCUT2D eigenvalue weighted by atomic mass is 16.3. The van der Waals surface area contributed by atoms with Crippen molar-refractivity contribution in [2.45, 2.75) is 19.9 Å². The lowest BCUT2D eigenvalue weighted by Crippen LogP contribution is -2.40. The molecular formula is C16H22N4O2. The van der Waals surface area contributed by atoms with Crippen molar-refractivity contribution in [3.8, 4) is 11.3 Å². The number of aromatic nitrogens is 2. The van der Waals surface area contributed by atoms with E-state index in [2.05, 4.69) is 15.7 Å². The van der Waals surface area contributed by atoms with E-state index in [0.29, 0.717) is 5.69 Å². The number of nitrogens with zero attached hydrogens (tertiary/aromatic N) is 2. The zero-order chi connectivity index (χ0) is 16.1. The topological polar surface area (TPSA) is 79.2 Å². The van der Waals surface area contributed by atoms with Crippen LogP contribution in [0.5, 0.6) is 0 Å². The number of nitrogens with one attached hydrogen (secondary N) is 2. The van der Waals surface area contributed by atoms with Gasteiger partial charge in [0, 0.05) is 31.5 Å². The molecule has 0 aliphatic heterocycles. The van der Waals surface area contributed by atoms with Gasteiger partial charge in [0.25, 0.3) is 0 Å². The first kappa shape index (κ1) is 16.0. The Hall–Kier alpha value is -2.34. The Balaban J connectivity index is 2.12. The maximum absolute atomic E-state index is 12.1. The van der Waals surface area contributed by atoms with Gasteiger partial charge in [-0.05, 0) is 12.8 Å². The molecule has 2 atom stereocenters. The molecule has 2 aromatic rings. The second kappa shape index (κ2) is 7.09. The fourth-order valence-corrected chi connectivity index (χ4v) is 2.05. The molecular weight excluding hydrogens is 280 g/mol. The third-order valence-corrected chi connectivity index (χ3v) is 3.62. The van der Waals surface area contributed by atoms with E-state index in [1.54, 1.807) is 10.9 Å². The lowest BCUT2D eigenvalue weighted by molar-refractivity contribution is 0.204. The van der Waals surface area contributed by atoms with Gasteiger partial charge in [-0.1, -0.05) is 37.3 Å². The van der Waals surface area contributed by atoms with Crippen LogP contribution in [0.15, 0.2) is 36.5 Å². The van der Waals surface area contributed by atoms with Crippen molar-refractivity contribution in [1.29, 1.82) is 0 Å². The minimum absolute atomic E-state index is 0.00626. The van der Waals surface area contributed by atoms with Crippen LogP contribution in [0.3, 0.4) is 0 Å². The van der Waals surface area contributed by atoms with Gasteiger partial charge in [0.2, 0.25) is 0 Å². The van der Waals surface area contributed by atoms with E-state index in [0.717, 1.165) is 11.3 Å². The maximum atomic E-state index is 12.1. The number of aliphatic hydroxyl groups excluding tert-OH is 1. The zero-order valence-electron chi connectivity index (χ0n) is 13.1. The van der Waals surface area contributed by atoms with Gasteiger partial charge in [-0.15, -0.1) is 0 Å². The number of carbonyl (C=O) groups excluding carboxylic acids is 1. The molecule has 6 nitrogen and oxygen atoms in total. The predicted octanol–water partition coefficient (Wildman–Crippen LogP) is 2.23. The van der Waals surface area contributed by atoms with Crippen molar-refractivity contribution >= 4 is 11.7 Å². The molecule has 2 unspecified atom stereocenters. The second-order valence-electron chi connectivity index (χ2n) is 5.48. The highest BCUT2D eigenvalue weighted by molar-refractivity contribution is 5.93. The van der Waals surface area contributed by atoms with Crippen LogP contribution in [0, 0.1) is 5.92 Å². The Morgan fingerprint density at radius 3 is 2.64 bits per heavy atom. The summed E-state index contributed by atoms with van der Waals surface area (Å²) in [6, 6.07) is 9.26. The van der Waals surface area contributed by atoms with E-state index >= 15 is 0 Å². The molecule has 22 heavy (non-hydrogen) atoms. The molecule has 1 heterocycles. The fraction of sp³-hybridized carbons (Fsp3) is 0.375. The van der Waals surface area contributed by atoms with E-state index < -0.39 is 0 Å². The number of hydrogen-bond donors (Lipinski definition) is 3. The van der Waals surface area contributed by atoms with Crippen LogP contribution in [0.25, 0.3) is 11.3 Å². The normalized spacial score (nSPS) is 13.5. The Morgan fingerprint density at radius 1 is 1.32 bits per heavy atom. The molecule has 2 amide bonds. The summed E-state index contributed by atoms with van der Waals surface area (Å²) < 4.78 is 1.66. The maximum Gasteiger partial charge on any atom is 0.319 e. The number of anilines is 1. The molecule has 6 heteroatoms. The summed E-state index contributed by atoms with van der Waals surface area (Å²) in [7, 11) is 1.81. The number of carbonyl (C=O) groups is 1.